The Balaban J connectivity index is 1.83. The summed E-state index contributed by atoms with van der Waals surface area (Å²) in [6.45, 7) is 0. The third-order valence-corrected chi connectivity index (χ3v) is 5.60. The summed E-state index contributed by atoms with van der Waals surface area (Å²) >= 11 is 0. The van der Waals surface area contributed by atoms with E-state index < -0.39 is 7.82 Å². The first-order valence-electron chi connectivity index (χ1n) is 9.42. The number of benzene rings is 1. The van der Waals surface area contributed by atoms with Gasteiger partial charge < -0.3 is 15.2 Å². The number of hydrogen-bond acceptors (Lipinski definition) is 4. The lowest BCUT2D eigenvalue weighted by Crippen LogP contribution is -2.26. The van der Waals surface area contributed by atoms with Gasteiger partial charge in [0.25, 0.3) is 0 Å². The van der Waals surface area contributed by atoms with Gasteiger partial charge in [-0.1, -0.05) is 44.6 Å². The minimum absolute atomic E-state index is 0.222. The first-order chi connectivity index (χ1) is 12.0. The summed E-state index contributed by atoms with van der Waals surface area (Å²) in [5, 5.41) is 7.07. The summed E-state index contributed by atoms with van der Waals surface area (Å²) in [4.78, 5) is 18.5. The molecule has 2 aliphatic carbocycles. The minimum atomic E-state index is -4.60. The van der Waals surface area contributed by atoms with Crippen molar-refractivity contribution in [1.82, 2.24) is 0 Å². The van der Waals surface area contributed by atoms with Gasteiger partial charge in [0.05, 0.1) is 5.69 Å². The monoisotopic (exact) mass is 368 g/mol. The minimum Gasteiger partial charge on any atom is -0.402 e. The molecular formula is C18H29N2O4P. The molecule has 3 rings (SSSR count). The van der Waals surface area contributed by atoms with E-state index in [0.717, 1.165) is 31.4 Å². The average Bonchev–Trinajstić information content (AvgIpc) is 2.58. The predicted octanol–water partition coefficient (Wildman–Crippen LogP) is 4.65. The van der Waals surface area contributed by atoms with Crippen molar-refractivity contribution in [2.45, 2.75) is 76.3 Å². The van der Waals surface area contributed by atoms with Crippen molar-refractivity contribution in [3.8, 4) is 5.75 Å². The van der Waals surface area contributed by atoms with Gasteiger partial charge in [0.1, 0.15) is 5.69 Å². The summed E-state index contributed by atoms with van der Waals surface area (Å²) in [6, 6.07) is 6.10. The van der Waals surface area contributed by atoms with E-state index in [1.165, 1.54) is 38.5 Å². The van der Waals surface area contributed by atoms with Crippen LogP contribution in [-0.2, 0) is 4.57 Å². The molecular weight excluding hydrogens is 339 g/mol. The van der Waals surface area contributed by atoms with Crippen LogP contribution in [0.5, 0.6) is 5.75 Å². The Labute approximate surface area is 149 Å². The highest BCUT2D eigenvalue weighted by Gasteiger charge is 2.24. The molecule has 0 atom stereocenters. The second kappa shape index (κ2) is 8.43. The second-order valence-electron chi connectivity index (χ2n) is 7.22. The summed E-state index contributed by atoms with van der Waals surface area (Å²) in [5.74, 6) is 0.222. The largest absolute Gasteiger partial charge is 0.524 e. The van der Waals surface area contributed by atoms with Crippen LogP contribution in [0.2, 0.25) is 0 Å². The zero-order valence-electron chi connectivity index (χ0n) is 14.6. The lowest BCUT2D eigenvalue weighted by Gasteiger charge is -2.29. The van der Waals surface area contributed by atoms with Crippen molar-refractivity contribution in [3.05, 3.63) is 18.2 Å². The Hall–Kier alpha value is -1.23. The van der Waals surface area contributed by atoms with E-state index >= 15 is 0 Å². The smallest absolute Gasteiger partial charge is 0.402 e. The highest BCUT2D eigenvalue weighted by atomic mass is 31.2. The molecule has 7 heteroatoms. The maximum absolute atomic E-state index is 11.4. The fourth-order valence-corrected chi connectivity index (χ4v) is 4.33. The van der Waals surface area contributed by atoms with E-state index in [4.69, 9.17) is 4.52 Å². The summed E-state index contributed by atoms with van der Waals surface area (Å²) in [5.41, 5.74) is 1.56. The quantitative estimate of drug-likeness (QED) is 0.547. The van der Waals surface area contributed by atoms with Gasteiger partial charge in [-0.05, 0) is 37.8 Å². The fraction of sp³-hybridized carbons (Fsp3) is 0.667. The molecule has 2 fully saturated rings. The number of phosphoric acid groups is 1. The first kappa shape index (κ1) is 18.6. The SMILES string of the molecule is O=P(O)(O)Oc1cccc(NC2CCCCC2)c1NC1CCCCC1. The van der Waals surface area contributed by atoms with Gasteiger partial charge in [0.2, 0.25) is 0 Å². The zero-order valence-corrected chi connectivity index (χ0v) is 15.5. The molecule has 2 saturated carbocycles. The molecule has 0 radical (unpaired) electrons. The Bertz CT molecular complexity index is 607. The summed E-state index contributed by atoms with van der Waals surface area (Å²) in [7, 11) is -4.60. The normalized spacial score (nSPS) is 20.2. The molecule has 0 spiro atoms. The van der Waals surface area contributed by atoms with Gasteiger partial charge in [0, 0.05) is 12.1 Å². The van der Waals surface area contributed by atoms with Crippen LogP contribution in [0, 0.1) is 0 Å². The fourth-order valence-electron chi connectivity index (χ4n) is 3.92. The summed E-state index contributed by atoms with van der Waals surface area (Å²) in [6.07, 6.45) is 11.8. The zero-order chi connectivity index (χ0) is 17.7. The van der Waals surface area contributed by atoms with Crippen LogP contribution in [0.1, 0.15) is 64.2 Å². The molecule has 0 aromatic heterocycles. The summed E-state index contributed by atoms with van der Waals surface area (Å²) < 4.78 is 16.3. The van der Waals surface area contributed by atoms with E-state index in [1.807, 2.05) is 6.07 Å². The van der Waals surface area contributed by atoms with E-state index in [2.05, 4.69) is 10.6 Å². The van der Waals surface area contributed by atoms with Crippen LogP contribution in [-0.4, -0.2) is 21.9 Å². The molecule has 0 saturated heterocycles. The van der Waals surface area contributed by atoms with Crippen LogP contribution in [0.3, 0.4) is 0 Å². The predicted molar refractivity (Wildman–Crippen MR) is 100 cm³/mol. The molecule has 1 aromatic carbocycles. The number of para-hydroxylation sites is 1. The van der Waals surface area contributed by atoms with Crippen LogP contribution in [0.25, 0.3) is 0 Å². The molecule has 1 aromatic rings. The van der Waals surface area contributed by atoms with Crippen molar-refractivity contribution >= 4 is 19.2 Å². The Morgan fingerprint density at radius 1 is 0.880 bits per heavy atom. The van der Waals surface area contributed by atoms with Crippen LogP contribution < -0.4 is 15.2 Å². The third-order valence-electron chi connectivity index (χ3n) is 5.16. The molecule has 25 heavy (non-hydrogen) atoms. The Morgan fingerprint density at radius 2 is 1.44 bits per heavy atom. The molecule has 140 valence electrons. The van der Waals surface area contributed by atoms with Crippen molar-refractivity contribution < 1.29 is 18.9 Å². The van der Waals surface area contributed by atoms with Crippen LogP contribution >= 0.6 is 7.82 Å². The molecule has 0 bridgehead atoms. The first-order valence-corrected chi connectivity index (χ1v) is 11.0. The number of anilines is 2. The van der Waals surface area contributed by atoms with Gasteiger partial charge in [-0.25, -0.2) is 4.57 Å². The van der Waals surface area contributed by atoms with E-state index in [1.54, 1.807) is 12.1 Å². The van der Waals surface area contributed by atoms with Crippen molar-refractivity contribution in [2.75, 3.05) is 10.6 Å². The number of hydrogen-bond donors (Lipinski definition) is 4. The lowest BCUT2D eigenvalue weighted by atomic mass is 9.94. The molecule has 0 heterocycles. The van der Waals surface area contributed by atoms with Crippen molar-refractivity contribution in [3.63, 3.8) is 0 Å². The van der Waals surface area contributed by atoms with Crippen molar-refractivity contribution in [1.29, 1.82) is 0 Å². The number of phosphoric ester groups is 1. The Morgan fingerprint density at radius 3 is 2.00 bits per heavy atom. The average molecular weight is 368 g/mol. The standard InChI is InChI=1S/C18H29N2O4P/c21-25(22,23)24-17-13-7-12-16(19-14-8-3-1-4-9-14)18(17)20-15-10-5-2-6-11-15/h7,12-15,19-20H,1-6,8-11H2,(H2,21,22,23). The van der Waals surface area contributed by atoms with Gasteiger partial charge in [-0.3, -0.25) is 9.79 Å². The van der Waals surface area contributed by atoms with E-state index in [9.17, 15) is 14.4 Å². The third kappa shape index (κ3) is 5.63. The molecule has 6 nitrogen and oxygen atoms in total. The molecule has 0 aliphatic heterocycles. The number of nitrogens with one attached hydrogen (secondary N) is 2. The number of rotatable bonds is 6. The van der Waals surface area contributed by atoms with Crippen LogP contribution in [0.15, 0.2) is 18.2 Å². The highest BCUT2D eigenvalue weighted by Crippen LogP contribution is 2.44. The molecule has 2 aliphatic rings. The molecule has 0 unspecified atom stereocenters. The Kier molecular flexibility index (Phi) is 6.26. The highest BCUT2D eigenvalue weighted by molar-refractivity contribution is 7.46. The van der Waals surface area contributed by atoms with E-state index in [-0.39, 0.29) is 5.75 Å². The molecule has 4 N–H and O–H groups in total. The van der Waals surface area contributed by atoms with Crippen LogP contribution in [0.4, 0.5) is 11.4 Å². The van der Waals surface area contributed by atoms with Crippen molar-refractivity contribution in [2.24, 2.45) is 0 Å². The maximum atomic E-state index is 11.4. The second-order valence-corrected chi connectivity index (χ2v) is 8.38. The van der Waals surface area contributed by atoms with Gasteiger partial charge in [0.15, 0.2) is 5.75 Å². The van der Waals surface area contributed by atoms with Gasteiger partial charge in [-0.2, -0.15) is 0 Å². The molecule has 0 amide bonds. The maximum Gasteiger partial charge on any atom is 0.524 e. The van der Waals surface area contributed by atoms with Gasteiger partial charge in [-0.15, -0.1) is 0 Å². The lowest BCUT2D eigenvalue weighted by molar-refractivity contribution is 0.283. The van der Waals surface area contributed by atoms with Gasteiger partial charge >= 0.3 is 7.82 Å². The topological polar surface area (TPSA) is 90.8 Å². The van der Waals surface area contributed by atoms with E-state index in [0.29, 0.717) is 17.8 Å².